The number of hydrogen-bond donors (Lipinski definition) is 5. The molecular weight excluding hydrogens is 504 g/mol. The van der Waals surface area contributed by atoms with Crippen molar-refractivity contribution >= 4 is 44.1 Å². The second-order valence-electron chi connectivity index (χ2n) is 9.48. The van der Waals surface area contributed by atoms with E-state index in [-0.39, 0.29) is 34.6 Å². The molecule has 38 heavy (non-hydrogen) atoms. The lowest BCUT2D eigenvalue weighted by atomic mass is 9.97. The summed E-state index contributed by atoms with van der Waals surface area (Å²) in [7, 11) is -4.14. The molecule has 0 aliphatic carbocycles. The van der Waals surface area contributed by atoms with Crippen molar-refractivity contribution < 1.29 is 18.0 Å². The summed E-state index contributed by atoms with van der Waals surface area (Å²) in [6, 6.07) is 17.1. The average molecular weight is 537 g/mol. The SMILES string of the molecule is N=C(N)N1CCCC(CNC(=O)C(CC(=O)c2ccccc2N)NS(=O)(=O)c2ccc3ccccc3c2)C1. The van der Waals surface area contributed by atoms with Gasteiger partial charge in [-0.15, -0.1) is 0 Å². The number of guanidine groups is 1. The van der Waals surface area contributed by atoms with E-state index in [9.17, 15) is 18.0 Å². The zero-order chi connectivity index (χ0) is 27.3. The molecule has 3 aromatic carbocycles. The van der Waals surface area contributed by atoms with Gasteiger partial charge in [0.05, 0.1) is 4.90 Å². The van der Waals surface area contributed by atoms with Crippen LogP contribution < -0.4 is 21.5 Å². The van der Waals surface area contributed by atoms with Gasteiger partial charge in [-0.05, 0) is 53.8 Å². The van der Waals surface area contributed by atoms with Crippen LogP contribution in [-0.2, 0) is 14.8 Å². The molecule has 1 saturated heterocycles. The van der Waals surface area contributed by atoms with Gasteiger partial charge in [0.2, 0.25) is 15.9 Å². The largest absolute Gasteiger partial charge is 0.398 e. The van der Waals surface area contributed by atoms with Crippen LogP contribution >= 0.6 is 0 Å². The number of benzene rings is 3. The Morgan fingerprint density at radius 3 is 2.50 bits per heavy atom. The van der Waals surface area contributed by atoms with E-state index in [0.29, 0.717) is 13.1 Å². The van der Waals surface area contributed by atoms with Gasteiger partial charge in [-0.1, -0.05) is 42.5 Å². The fraction of sp³-hybridized carbons (Fsp3) is 0.296. The second kappa shape index (κ2) is 11.6. The Morgan fingerprint density at radius 1 is 1.05 bits per heavy atom. The van der Waals surface area contributed by atoms with E-state index in [1.807, 2.05) is 18.2 Å². The van der Waals surface area contributed by atoms with Crippen molar-refractivity contribution in [1.29, 1.82) is 5.41 Å². The van der Waals surface area contributed by atoms with Crippen molar-refractivity contribution in [2.75, 3.05) is 25.4 Å². The molecule has 0 saturated carbocycles. The van der Waals surface area contributed by atoms with Gasteiger partial charge in [0.1, 0.15) is 6.04 Å². The number of Topliss-reactive ketones (excluding diaryl/α,β-unsaturated/α-hetero) is 1. The molecule has 0 spiro atoms. The molecule has 0 aromatic heterocycles. The van der Waals surface area contributed by atoms with Crippen LogP contribution in [0.1, 0.15) is 29.6 Å². The maximum absolute atomic E-state index is 13.3. The maximum Gasteiger partial charge on any atom is 0.241 e. The number of carbonyl (C=O) groups is 2. The summed E-state index contributed by atoms with van der Waals surface area (Å²) >= 11 is 0. The Labute approximate surface area is 221 Å². The standard InChI is InChI=1S/C27H32N6O4S/c28-23-10-4-3-9-22(23)25(34)15-24(26(35)31-16-18-6-5-13-33(17-18)27(29)30)32-38(36,37)21-12-11-19-7-1-2-8-20(19)14-21/h1-4,7-12,14,18,24,32H,5-6,13,15-17,28H2,(H3,29,30)(H,31,35). The van der Waals surface area contributed by atoms with Crippen molar-refractivity contribution in [3.8, 4) is 0 Å². The summed E-state index contributed by atoms with van der Waals surface area (Å²) in [6.07, 6.45) is 1.25. The number of nitrogens with one attached hydrogen (secondary N) is 3. The topological polar surface area (TPSA) is 171 Å². The van der Waals surface area contributed by atoms with Gasteiger partial charge in [0.15, 0.2) is 11.7 Å². The first-order valence-electron chi connectivity index (χ1n) is 12.4. The number of nitrogen functional groups attached to an aromatic ring is 1. The number of rotatable bonds is 9. The number of anilines is 1. The molecule has 7 N–H and O–H groups in total. The van der Waals surface area contributed by atoms with Crippen molar-refractivity contribution in [2.24, 2.45) is 11.7 Å². The monoisotopic (exact) mass is 536 g/mol. The normalized spacial score (nSPS) is 16.6. The smallest absolute Gasteiger partial charge is 0.241 e. The molecule has 200 valence electrons. The highest BCUT2D eigenvalue weighted by Gasteiger charge is 2.30. The fourth-order valence-corrected chi connectivity index (χ4v) is 5.87. The molecule has 3 aromatic rings. The third kappa shape index (κ3) is 6.48. The first-order chi connectivity index (χ1) is 18.1. The number of amides is 1. The minimum absolute atomic E-state index is 0.00921. The quantitative estimate of drug-likeness (QED) is 0.120. The lowest BCUT2D eigenvalue weighted by Gasteiger charge is -2.33. The Bertz CT molecular complexity index is 1460. The van der Waals surface area contributed by atoms with E-state index in [1.165, 1.54) is 12.1 Å². The molecular formula is C27H32N6O4S. The summed E-state index contributed by atoms with van der Waals surface area (Å²) in [5, 5.41) is 12.1. The fourth-order valence-electron chi connectivity index (χ4n) is 4.64. The molecule has 2 atom stereocenters. The molecule has 11 heteroatoms. The van der Waals surface area contributed by atoms with Crippen LogP contribution in [0, 0.1) is 11.3 Å². The summed E-state index contributed by atoms with van der Waals surface area (Å²) in [5.74, 6) is -1.05. The minimum atomic E-state index is -4.14. The number of likely N-dealkylation sites (tertiary alicyclic amines) is 1. The van der Waals surface area contributed by atoms with Crippen molar-refractivity contribution in [3.63, 3.8) is 0 Å². The van der Waals surface area contributed by atoms with E-state index in [1.54, 1.807) is 41.3 Å². The van der Waals surface area contributed by atoms with Crippen molar-refractivity contribution in [3.05, 3.63) is 72.3 Å². The first-order valence-corrected chi connectivity index (χ1v) is 13.9. The predicted octanol–water partition coefficient (Wildman–Crippen LogP) is 2.06. The van der Waals surface area contributed by atoms with Crippen molar-refractivity contribution in [2.45, 2.75) is 30.2 Å². The van der Waals surface area contributed by atoms with Gasteiger partial charge in [-0.2, -0.15) is 4.72 Å². The molecule has 1 aliphatic rings. The number of nitrogens with two attached hydrogens (primary N) is 2. The number of para-hydroxylation sites is 1. The van der Waals surface area contributed by atoms with E-state index < -0.39 is 34.2 Å². The van der Waals surface area contributed by atoms with Crippen LogP contribution in [0.5, 0.6) is 0 Å². The van der Waals surface area contributed by atoms with Crippen LogP contribution in [0.3, 0.4) is 0 Å². The first kappa shape index (κ1) is 27.1. The van der Waals surface area contributed by atoms with Gasteiger partial charge in [0.25, 0.3) is 0 Å². The van der Waals surface area contributed by atoms with Crippen molar-refractivity contribution in [1.82, 2.24) is 14.9 Å². The van der Waals surface area contributed by atoms with Crippen LogP contribution in [0.15, 0.2) is 71.6 Å². The van der Waals surface area contributed by atoms with Crippen LogP contribution in [0.2, 0.25) is 0 Å². The third-order valence-electron chi connectivity index (χ3n) is 6.72. The number of piperidine rings is 1. The molecule has 2 unspecified atom stereocenters. The van der Waals surface area contributed by atoms with Crippen LogP contribution in [-0.4, -0.2) is 56.6 Å². The van der Waals surface area contributed by atoms with Gasteiger partial charge < -0.3 is 21.7 Å². The minimum Gasteiger partial charge on any atom is -0.398 e. The lowest BCUT2D eigenvalue weighted by molar-refractivity contribution is -0.122. The average Bonchev–Trinajstić information content (AvgIpc) is 2.91. The van der Waals surface area contributed by atoms with E-state index in [0.717, 1.165) is 23.6 Å². The van der Waals surface area contributed by atoms with Gasteiger partial charge in [0, 0.05) is 37.3 Å². The Morgan fingerprint density at radius 2 is 1.76 bits per heavy atom. The Kier molecular flexibility index (Phi) is 8.28. The molecule has 10 nitrogen and oxygen atoms in total. The highest BCUT2D eigenvalue weighted by molar-refractivity contribution is 7.89. The van der Waals surface area contributed by atoms with Crippen LogP contribution in [0.4, 0.5) is 5.69 Å². The summed E-state index contributed by atoms with van der Waals surface area (Å²) < 4.78 is 29.1. The molecule has 1 amide bonds. The van der Waals surface area contributed by atoms with Gasteiger partial charge in [-0.3, -0.25) is 15.0 Å². The van der Waals surface area contributed by atoms with Crippen LogP contribution in [0.25, 0.3) is 10.8 Å². The maximum atomic E-state index is 13.3. The zero-order valence-corrected chi connectivity index (χ0v) is 21.7. The molecule has 1 fully saturated rings. The zero-order valence-electron chi connectivity index (χ0n) is 20.9. The Balaban J connectivity index is 1.54. The number of hydrogen-bond acceptors (Lipinski definition) is 6. The summed E-state index contributed by atoms with van der Waals surface area (Å²) in [5.41, 5.74) is 12.0. The van der Waals surface area contributed by atoms with E-state index >= 15 is 0 Å². The van der Waals surface area contributed by atoms with Gasteiger partial charge >= 0.3 is 0 Å². The molecule has 0 radical (unpaired) electrons. The van der Waals surface area contributed by atoms with E-state index in [4.69, 9.17) is 16.9 Å². The highest BCUT2D eigenvalue weighted by atomic mass is 32.2. The molecule has 1 heterocycles. The van der Waals surface area contributed by atoms with Gasteiger partial charge in [-0.25, -0.2) is 8.42 Å². The lowest BCUT2D eigenvalue weighted by Crippen LogP contribution is -2.50. The summed E-state index contributed by atoms with van der Waals surface area (Å²) in [6.45, 7) is 1.46. The molecule has 0 bridgehead atoms. The summed E-state index contributed by atoms with van der Waals surface area (Å²) in [4.78, 5) is 28.1. The number of carbonyl (C=O) groups excluding carboxylic acids is 2. The number of nitrogens with zero attached hydrogens (tertiary/aromatic N) is 1. The number of sulfonamides is 1. The second-order valence-corrected chi connectivity index (χ2v) is 11.2. The van der Waals surface area contributed by atoms with E-state index in [2.05, 4.69) is 10.0 Å². The predicted molar refractivity (Wildman–Crippen MR) is 147 cm³/mol. The number of ketones is 1. The highest BCUT2D eigenvalue weighted by Crippen LogP contribution is 2.21. The Hall–Kier alpha value is -3.96. The number of fused-ring (bicyclic) bond motifs is 1. The third-order valence-corrected chi connectivity index (χ3v) is 8.19. The molecule has 4 rings (SSSR count). The molecule has 1 aliphatic heterocycles.